The first kappa shape index (κ1) is 24.7. The van der Waals surface area contributed by atoms with Crippen LogP contribution in [0.1, 0.15) is 34.1 Å². The molecule has 0 spiro atoms. The highest BCUT2D eigenvalue weighted by Gasteiger charge is 2.25. The molecule has 0 unspecified atom stereocenters. The molecule has 9 nitrogen and oxygen atoms in total. The summed E-state index contributed by atoms with van der Waals surface area (Å²) in [5.41, 5.74) is -0.442. The largest absolute Gasteiger partial charge is 0.444 e. The summed E-state index contributed by atoms with van der Waals surface area (Å²) in [5.74, 6) is 0.881. The number of morpholine rings is 1. The predicted octanol–water partition coefficient (Wildman–Crippen LogP) is 0.817. The molecule has 0 bridgehead atoms. The highest BCUT2D eigenvalue weighted by Crippen LogP contribution is 2.11. The zero-order valence-electron chi connectivity index (χ0n) is 19.4. The summed E-state index contributed by atoms with van der Waals surface area (Å²) >= 11 is 0. The minimum Gasteiger partial charge on any atom is -0.444 e. The molecule has 1 amide bonds. The van der Waals surface area contributed by atoms with Gasteiger partial charge in [0.05, 0.1) is 13.2 Å². The minimum absolute atomic E-state index is 0.209. The van der Waals surface area contributed by atoms with Gasteiger partial charge in [0, 0.05) is 72.0 Å². The summed E-state index contributed by atoms with van der Waals surface area (Å²) in [6.45, 7) is 19.2. The van der Waals surface area contributed by atoms with Crippen molar-refractivity contribution in [2.75, 3.05) is 85.2 Å². The molecule has 0 aliphatic carbocycles. The molecule has 0 atom stereocenters. The number of aliphatic imine (C=N–C) groups is 1. The van der Waals surface area contributed by atoms with Gasteiger partial charge in [-0.1, -0.05) is 0 Å². The summed E-state index contributed by atoms with van der Waals surface area (Å²) in [5, 5.41) is 6.75. The van der Waals surface area contributed by atoms with Crippen LogP contribution < -0.4 is 10.6 Å². The van der Waals surface area contributed by atoms with Crippen LogP contribution in [0.25, 0.3) is 0 Å². The first-order chi connectivity index (χ1) is 14.4. The first-order valence-electron chi connectivity index (χ1n) is 11.4. The van der Waals surface area contributed by atoms with E-state index in [0.717, 1.165) is 84.5 Å². The van der Waals surface area contributed by atoms with Crippen LogP contribution in [-0.2, 0) is 9.47 Å². The molecule has 0 saturated carbocycles. The second-order valence-electron chi connectivity index (χ2n) is 8.80. The van der Waals surface area contributed by atoms with Gasteiger partial charge < -0.3 is 25.0 Å². The number of piperazine rings is 1. The fraction of sp³-hybridized carbons (Fsp3) is 0.905. The molecule has 2 rings (SSSR count). The molecule has 174 valence electrons. The van der Waals surface area contributed by atoms with Gasteiger partial charge in [-0.3, -0.25) is 14.8 Å². The van der Waals surface area contributed by atoms with E-state index >= 15 is 0 Å². The van der Waals surface area contributed by atoms with Crippen molar-refractivity contribution in [2.24, 2.45) is 4.99 Å². The Balaban J connectivity index is 1.61. The molecule has 2 N–H and O–H groups in total. The molecule has 0 aromatic rings. The van der Waals surface area contributed by atoms with Crippen molar-refractivity contribution in [3.05, 3.63) is 0 Å². The molecule has 2 fully saturated rings. The Morgan fingerprint density at radius 2 is 1.67 bits per heavy atom. The van der Waals surface area contributed by atoms with Gasteiger partial charge in [0.25, 0.3) is 0 Å². The van der Waals surface area contributed by atoms with E-state index in [-0.39, 0.29) is 6.09 Å². The lowest BCUT2D eigenvalue weighted by atomic mass is 10.2. The van der Waals surface area contributed by atoms with E-state index in [1.54, 1.807) is 4.90 Å². The molecule has 0 aromatic heterocycles. The third-order valence-corrected chi connectivity index (χ3v) is 5.09. The lowest BCUT2D eigenvalue weighted by molar-refractivity contribution is 0.0147. The average Bonchev–Trinajstić information content (AvgIpc) is 2.71. The summed E-state index contributed by atoms with van der Waals surface area (Å²) in [6.07, 6.45) is 0.849. The van der Waals surface area contributed by atoms with Crippen molar-refractivity contribution in [2.45, 2.75) is 39.7 Å². The predicted molar refractivity (Wildman–Crippen MR) is 120 cm³/mol. The van der Waals surface area contributed by atoms with Gasteiger partial charge in [-0.25, -0.2) is 4.79 Å². The standard InChI is InChI=1S/C21H42N6O3/c1-5-22-19(23-7-6-9-25-15-17-29-18-16-25)24-8-10-26-11-13-27(14-12-26)20(28)30-21(2,3)4/h5-18H2,1-4H3,(H2,22,23,24). The Labute approximate surface area is 182 Å². The van der Waals surface area contributed by atoms with E-state index in [1.165, 1.54) is 0 Å². The minimum atomic E-state index is -0.442. The number of carbonyl (C=O) groups excluding carboxylic acids is 1. The van der Waals surface area contributed by atoms with Crippen LogP contribution in [-0.4, -0.2) is 118 Å². The van der Waals surface area contributed by atoms with E-state index in [0.29, 0.717) is 13.1 Å². The number of nitrogens with one attached hydrogen (secondary N) is 2. The molecular weight excluding hydrogens is 384 g/mol. The zero-order chi connectivity index (χ0) is 21.8. The molecule has 9 heteroatoms. The Bertz CT molecular complexity index is 523. The quantitative estimate of drug-likeness (QED) is 0.338. The van der Waals surface area contributed by atoms with Crippen molar-refractivity contribution in [3.8, 4) is 0 Å². The van der Waals surface area contributed by atoms with Crippen LogP contribution in [0.4, 0.5) is 4.79 Å². The lowest BCUT2D eigenvalue weighted by Crippen LogP contribution is -2.51. The highest BCUT2D eigenvalue weighted by atomic mass is 16.6. The third kappa shape index (κ3) is 9.95. The maximum Gasteiger partial charge on any atom is 0.410 e. The van der Waals surface area contributed by atoms with Gasteiger partial charge >= 0.3 is 6.09 Å². The second kappa shape index (κ2) is 13.0. The number of guanidine groups is 1. The van der Waals surface area contributed by atoms with Crippen LogP contribution in [0.15, 0.2) is 4.99 Å². The Kier molecular flexibility index (Phi) is 10.7. The molecule has 30 heavy (non-hydrogen) atoms. The van der Waals surface area contributed by atoms with Gasteiger partial charge in [0.1, 0.15) is 5.60 Å². The highest BCUT2D eigenvalue weighted by molar-refractivity contribution is 5.79. The molecule has 2 saturated heterocycles. The lowest BCUT2D eigenvalue weighted by Gasteiger charge is -2.35. The van der Waals surface area contributed by atoms with E-state index in [4.69, 9.17) is 14.5 Å². The van der Waals surface area contributed by atoms with E-state index in [2.05, 4.69) is 27.4 Å². The smallest absolute Gasteiger partial charge is 0.410 e. The van der Waals surface area contributed by atoms with Gasteiger partial charge in [-0.15, -0.1) is 0 Å². The Hall–Kier alpha value is -1.58. The summed E-state index contributed by atoms with van der Waals surface area (Å²) < 4.78 is 10.8. The molecule has 0 radical (unpaired) electrons. The number of nitrogens with zero attached hydrogens (tertiary/aromatic N) is 4. The summed E-state index contributed by atoms with van der Waals surface area (Å²) in [7, 11) is 0. The van der Waals surface area contributed by atoms with Crippen LogP contribution in [0.3, 0.4) is 0 Å². The number of rotatable bonds is 8. The molecule has 2 heterocycles. The van der Waals surface area contributed by atoms with Crippen LogP contribution in [0.2, 0.25) is 0 Å². The van der Waals surface area contributed by atoms with E-state index < -0.39 is 5.60 Å². The monoisotopic (exact) mass is 426 g/mol. The fourth-order valence-corrected chi connectivity index (χ4v) is 3.46. The van der Waals surface area contributed by atoms with E-state index in [9.17, 15) is 4.79 Å². The van der Waals surface area contributed by atoms with Crippen LogP contribution >= 0.6 is 0 Å². The van der Waals surface area contributed by atoms with E-state index in [1.807, 2.05) is 20.8 Å². The average molecular weight is 427 g/mol. The molecule has 2 aliphatic heterocycles. The topological polar surface area (TPSA) is 81.7 Å². The zero-order valence-corrected chi connectivity index (χ0v) is 19.4. The van der Waals surface area contributed by atoms with Crippen molar-refractivity contribution in [1.29, 1.82) is 0 Å². The van der Waals surface area contributed by atoms with Crippen molar-refractivity contribution in [1.82, 2.24) is 25.3 Å². The van der Waals surface area contributed by atoms with Gasteiger partial charge in [0.2, 0.25) is 0 Å². The third-order valence-electron chi connectivity index (χ3n) is 5.09. The van der Waals surface area contributed by atoms with Gasteiger partial charge in [0.15, 0.2) is 5.96 Å². The van der Waals surface area contributed by atoms with Crippen LogP contribution in [0, 0.1) is 0 Å². The molecule has 0 aromatic carbocycles. The first-order valence-corrected chi connectivity index (χ1v) is 11.4. The summed E-state index contributed by atoms with van der Waals surface area (Å²) in [6, 6.07) is 0. The normalized spacial score (nSPS) is 19.6. The number of hydrogen-bond donors (Lipinski definition) is 2. The van der Waals surface area contributed by atoms with Crippen LogP contribution in [0.5, 0.6) is 0 Å². The van der Waals surface area contributed by atoms with Crippen molar-refractivity contribution < 1.29 is 14.3 Å². The maximum absolute atomic E-state index is 12.2. The van der Waals surface area contributed by atoms with Crippen molar-refractivity contribution >= 4 is 12.1 Å². The second-order valence-corrected chi connectivity index (χ2v) is 8.80. The Morgan fingerprint density at radius 3 is 2.30 bits per heavy atom. The maximum atomic E-state index is 12.2. The number of hydrogen-bond acceptors (Lipinski definition) is 6. The number of ether oxygens (including phenoxy) is 2. The molecule has 2 aliphatic rings. The SMILES string of the molecule is CCNC(=NCCCN1CCOCC1)NCCN1CCN(C(=O)OC(C)(C)C)CC1. The molecular formula is C21H42N6O3. The number of carbonyl (C=O) groups is 1. The van der Waals surface area contributed by atoms with Gasteiger partial charge in [-0.05, 0) is 34.1 Å². The van der Waals surface area contributed by atoms with Crippen molar-refractivity contribution in [3.63, 3.8) is 0 Å². The van der Waals surface area contributed by atoms with Gasteiger partial charge in [-0.2, -0.15) is 0 Å². The Morgan fingerprint density at radius 1 is 1.00 bits per heavy atom. The fourth-order valence-electron chi connectivity index (χ4n) is 3.46. The number of amides is 1. The summed E-state index contributed by atoms with van der Waals surface area (Å²) in [4.78, 5) is 23.5.